The monoisotopic (exact) mass is 559 g/mol. The number of amides is 3. The van der Waals surface area contributed by atoms with Gasteiger partial charge in [-0.3, -0.25) is 14.4 Å². The Labute approximate surface area is 220 Å². The maximum Gasteiger partial charge on any atom is 0.253 e. The Morgan fingerprint density at radius 2 is 1.94 bits per heavy atom. The molecule has 3 aliphatic heterocycles. The number of hydrogen-bond acceptors (Lipinski definition) is 5. The number of aryl methyl sites for hydroxylation is 2. The lowest BCUT2D eigenvalue weighted by molar-refractivity contribution is -0.144. The van der Waals surface area contributed by atoms with Crippen LogP contribution in [0.4, 0.5) is 5.69 Å². The maximum absolute atomic E-state index is 14.4. The van der Waals surface area contributed by atoms with Crippen molar-refractivity contribution in [2.24, 2.45) is 11.8 Å². The van der Waals surface area contributed by atoms with Gasteiger partial charge >= 0.3 is 0 Å². The number of likely N-dealkylation sites (tertiary alicyclic amines) is 1. The van der Waals surface area contributed by atoms with Gasteiger partial charge in [-0.25, -0.2) is 0 Å². The highest BCUT2D eigenvalue weighted by molar-refractivity contribution is 9.09. The number of aliphatic hydroxyl groups excluding tert-OH is 1. The summed E-state index contributed by atoms with van der Waals surface area (Å²) in [5, 5.41) is 9.83. The van der Waals surface area contributed by atoms with E-state index in [0.717, 1.165) is 16.8 Å². The summed E-state index contributed by atoms with van der Waals surface area (Å²) in [5.41, 5.74) is 1.47. The van der Waals surface area contributed by atoms with Crippen LogP contribution >= 0.6 is 15.9 Å². The molecular weight excluding hydrogens is 526 g/mol. The molecule has 194 valence electrons. The predicted molar refractivity (Wildman–Crippen MR) is 141 cm³/mol. The van der Waals surface area contributed by atoms with Gasteiger partial charge in [0.15, 0.2) is 0 Å². The second-order valence-electron chi connectivity index (χ2n) is 9.95. The van der Waals surface area contributed by atoms with Crippen molar-refractivity contribution < 1.29 is 24.2 Å². The minimum absolute atomic E-state index is 0.0212. The molecule has 8 nitrogen and oxygen atoms in total. The summed E-state index contributed by atoms with van der Waals surface area (Å²) in [7, 11) is 1.67. The number of carbonyl (C=O) groups excluding carboxylic acids is 3. The first-order chi connectivity index (χ1) is 17.1. The molecule has 1 aromatic rings. The number of rotatable bonds is 9. The van der Waals surface area contributed by atoms with Crippen LogP contribution in [-0.2, 0) is 19.1 Å². The van der Waals surface area contributed by atoms with E-state index in [2.05, 4.69) is 29.1 Å². The first-order valence-corrected chi connectivity index (χ1v) is 13.1. The van der Waals surface area contributed by atoms with E-state index in [9.17, 15) is 19.5 Å². The van der Waals surface area contributed by atoms with Gasteiger partial charge < -0.3 is 24.5 Å². The zero-order chi connectivity index (χ0) is 26.4. The van der Waals surface area contributed by atoms with E-state index >= 15 is 0 Å². The van der Waals surface area contributed by atoms with Crippen LogP contribution in [-0.4, -0.2) is 88.5 Å². The average molecular weight is 560 g/mol. The van der Waals surface area contributed by atoms with E-state index < -0.39 is 29.6 Å². The van der Waals surface area contributed by atoms with Crippen LogP contribution < -0.4 is 4.90 Å². The van der Waals surface area contributed by atoms with Crippen molar-refractivity contribution in [1.29, 1.82) is 0 Å². The molecule has 2 bridgehead atoms. The van der Waals surface area contributed by atoms with Crippen molar-refractivity contribution >= 4 is 39.3 Å². The number of ether oxygens (including phenoxy) is 1. The van der Waals surface area contributed by atoms with Gasteiger partial charge in [-0.2, -0.15) is 0 Å². The van der Waals surface area contributed by atoms with Crippen molar-refractivity contribution in [2.75, 3.05) is 38.2 Å². The smallest absolute Gasteiger partial charge is 0.253 e. The molecule has 0 aromatic heterocycles. The minimum Gasteiger partial charge on any atom is -0.395 e. The van der Waals surface area contributed by atoms with Crippen LogP contribution in [0.1, 0.15) is 17.5 Å². The van der Waals surface area contributed by atoms with Crippen LogP contribution in [0.25, 0.3) is 0 Å². The number of halogens is 1. The molecular formula is C27H34BrN3O5. The first-order valence-electron chi connectivity index (χ1n) is 12.2. The molecule has 0 saturated carbocycles. The van der Waals surface area contributed by atoms with E-state index in [1.165, 1.54) is 9.80 Å². The summed E-state index contributed by atoms with van der Waals surface area (Å²) in [6, 6.07) is 4.90. The third-order valence-electron chi connectivity index (χ3n) is 7.66. The summed E-state index contributed by atoms with van der Waals surface area (Å²) in [6.45, 7) is 11.7. The second kappa shape index (κ2) is 10.1. The number of nitrogens with zero attached hydrogens (tertiary/aromatic N) is 3. The molecule has 3 saturated heterocycles. The largest absolute Gasteiger partial charge is 0.395 e. The zero-order valence-electron chi connectivity index (χ0n) is 21.0. The molecule has 6 atom stereocenters. The minimum atomic E-state index is -1.17. The van der Waals surface area contributed by atoms with Gasteiger partial charge in [0.25, 0.3) is 5.91 Å². The predicted octanol–water partition coefficient (Wildman–Crippen LogP) is 2.21. The summed E-state index contributed by atoms with van der Waals surface area (Å²) in [6.07, 6.45) is 3.17. The zero-order valence-corrected chi connectivity index (χ0v) is 22.6. The van der Waals surface area contributed by atoms with Gasteiger partial charge in [0, 0.05) is 37.2 Å². The highest BCUT2D eigenvalue weighted by Gasteiger charge is 2.76. The maximum atomic E-state index is 14.4. The van der Waals surface area contributed by atoms with Gasteiger partial charge in [0.1, 0.15) is 11.6 Å². The third-order valence-corrected chi connectivity index (χ3v) is 8.51. The Hall–Kier alpha value is -2.49. The quantitative estimate of drug-likeness (QED) is 0.370. The molecule has 3 fully saturated rings. The van der Waals surface area contributed by atoms with Gasteiger partial charge in [-0.05, 0) is 37.5 Å². The standard InChI is InChI=1S/C27H34BrN3O5/c1-6-10-29(5)24(33)20-21-25(34)31(12-13-32)23(27(21)15-18(28)22(20)36-27)26(35)30(11-7-2)19-14-16(3)8-9-17(19)4/h6-9,14,18,20-23,32H,1-2,10-13,15H2,3-5H3/t18?,20-,21+,22-,23?,27?/m1/s1. The van der Waals surface area contributed by atoms with E-state index in [-0.39, 0.29) is 42.2 Å². The second-order valence-corrected chi connectivity index (χ2v) is 11.1. The van der Waals surface area contributed by atoms with Crippen LogP contribution in [0.15, 0.2) is 43.5 Å². The molecule has 4 rings (SSSR count). The van der Waals surface area contributed by atoms with Crippen LogP contribution in [0.2, 0.25) is 0 Å². The molecule has 3 aliphatic rings. The third kappa shape index (κ3) is 4.01. The fourth-order valence-electron chi connectivity index (χ4n) is 6.17. The molecule has 0 aliphatic carbocycles. The molecule has 0 radical (unpaired) electrons. The lowest BCUT2D eigenvalue weighted by Gasteiger charge is -2.37. The molecule has 1 spiro atoms. The first kappa shape index (κ1) is 26.6. The number of aliphatic hydroxyl groups is 1. The van der Waals surface area contributed by atoms with Crippen molar-refractivity contribution in [3.63, 3.8) is 0 Å². The Morgan fingerprint density at radius 3 is 2.58 bits per heavy atom. The van der Waals surface area contributed by atoms with Crippen molar-refractivity contribution in [3.8, 4) is 0 Å². The molecule has 3 amide bonds. The summed E-state index contributed by atoms with van der Waals surface area (Å²) in [5.74, 6) is -2.37. The number of hydrogen-bond donors (Lipinski definition) is 1. The average Bonchev–Trinajstić information content (AvgIpc) is 3.42. The molecule has 1 N–H and O–H groups in total. The Kier molecular flexibility index (Phi) is 7.46. The van der Waals surface area contributed by atoms with Crippen molar-refractivity contribution in [3.05, 3.63) is 54.6 Å². The van der Waals surface area contributed by atoms with Gasteiger partial charge in [0.05, 0.1) is 24.5 Å². The highest BCUT2D eigenvalue weighted by Crippen LogP contribution is 2.60. The number of anilines is 1. The van der Waals surface area contributed by atoms with Gasteiger partial charge in [-0.15, -0.1) is 13.2 Å². The van der Waals surface area contributed by atoms with E-state index in [1.807, 2.05) is 32.0 Å². The van der Waals surface area contributed by atoms with Crippen molar-refractivity contribution in [2.45, 2.75) is 42.8 Å². The van der Waals surface area contributed by atoms with E-state index in [4.69, 9.17) is 4.74 Å². The normalized spacial score (nSPS) is 30.3. The SMILES string of the molecule is C=CCN(C)C(=O)[C@H]1[C@@H]2OC3(CC2Br)C(C(=O)N(CC=C)c2cc(C)ccc2C)N(CCO)C(=O)[C@H]13. The number of likely N-dealkylation sites (N-methyl/N-ethyl adjacent to an activating group) is 1. The summed E-state index contributed by atoms with van der Waals surface area (Å²) >= 11 is 3.68. The number of alkyl halides is 1. The van der Waals surface area contributed by atoms with E-state index in [1.54, 1.807) is 24.1 Å². The van der Waals surface area contributed by atoms with Crippen LogP contribution in [0, 0.1) is 25.7 Å². The molecule has 1 aromatic carbocycles. The fourth-order valence-corrected chi connectivity index (χ4v) is 7.11. The summed E-state index contributed by atoms with van der Waals surface area (Å²) in [4.78, 5) is 46.1. The van der Waals surface area contributed by atoms with Crippen LogP contribution in [0.5, 0.6) is 0 Å². The molecule has 3 heterocycles. The number of carbonyl (C=O) groups is 3. The molecule has 3 unspecified atom stereocenters. The number of β-amino-alcohol motifs (C(OH)–C–C–N with tert-alkyl or cyclic N) is 1. The Morgan fingerprint density at radius 1 is 1.25 bits per heavy atom. The molecule has 36 heavy (non-hydrogen) atoms. The van der Waals surface area contributed by atoms with E-state index in [0.29, 0.717) is 13.0 Å². The Balaban J connectivity index is 1.81. The van der Waals surface area contributed by atoms with Crippen LogP contribution in [0.3, 0.4) is 0 Å². The van der Waals surface area contributed by atoms with Crippen molar-refractivity contribution in [1.82, 2.24) is 9.80 Å². The number of benzene rings is 1. The fraction of sp³-hybridized carbons (Fsp3) is 0.519. The lowest BCUT2D eigenvalue weighted by Crippen LogP contribution is -2.57. The highest BCUT2D eigenvalue weighted by atomic mass is 79.9. The summed E-state index contributed by atoms with van der Waals surface area (Å²) < 4.78 is 6.52. The van der Waals surface area contributed by atoms with Gasteiger partial charge in [-0.1, -0.05) is 40.2 Å². The lowest BCUT2D eigenvalue weighted by atomic mass is 9.70. The Bertz CT molecular complexity index is 1090. The number of fused-ring (bicyclic) bond motifs is 1. The van der Waals surface area contributed by atoms with Gasteiger partial charge in [0.2, 0.25) is 11.8 Å². The topological polar surface area (TPSA) is 90.4 Å². The molecule has 9 heteroatoms.